The van der Waals surface area contributed by atoms with Crippen molar-refractivity contribution in [1.82, 2.24) is 5.32 Å². The van der Waals surface area contributed by atoms with Gasteiger partial charge in [-0.15, -0.1) is 0 Å². The van der Waals surface area contributed by atoms with E-state index < -0.39 is 24.5 Å². The Hall–Kier alpha value is -2.08. The van der Waals surface area contributed by atoms with Gasteiger partial charge in [-0.3, -0.25) is 4.79 Å². The molecule has 4 N–H and O–H groups in total. The summed E-state index contributed by atoms with van der Waals surface area (Å²) < 4.78 is 0. The van der Waals surface area contributed by atoms with Crippen molar-refractivity contribution in [1.29, 1.82) is 0 Å². The van der Waals surface area contributed by atoms with Crippen LogP contribution < -0.4 is 5.32 Å². The molecule has 0 aliphatic carbocycles. The first-order chi connectivity index (χ1) is 8.02. The van der Waals surface area contributed by atoms with Crippen molar-refractivity contribution in [2.24, 2.45) is 0 Å². The van der Waals surface area contributed by atoms with Crippen LogP contribution in [-0.2, 0) is 16.0 Å². The molecule has 0 aromatic heterocycles. The lowest BCUT2D eigenvalue weighted by molar-refractivity contribution is -0.142. The third kappa shape index (κ3) is 4.12. The van der Waals surface area contributed by atoms with Gasteiger partial charge in [-0.05, 0) is 17.7 Å². The summed E-state index contributed by atoms with van der Waals surface area (Å²) in [5, 5.41) is 28.6. The highest BCUT2D eigenvalue weighted by atomic mass is 16.4. The Morgan fingerprint density at radius 2 is 1.82 bits per heavy atom. The van der Waals surface area contributed by atoms with Gasteiger partial charge in [0.2, 0.25) is 5.91 Å². The zero-order valence-electron chi connectivity index (χ0n) is 8.96. The number of phenols is 1. The standard InChI is InChI=1S/C11H13NO5/c13-6-9(11(16)17)12-10(15)5-7-1-3-8(14)4-2-7/h1-4,9,13-14H,5-6H2,(H,12,15)(H,16,17)/t9-/m0/s1. The first-order valence-corrected chi connectivity index (χ1v) is 4.94. The summed E-state index contributed by atoms with van der Waals surface area (Å²) in [5.74, 6) is -1.70. The molecule has 0 aliphatic heterocycles. The number of benzene rings is 1. The summed E-state index contributed by atoms with van der Waals surface area (Å²) in [6, 6.07) is 4.69. The van der Waals surface area contributed by atoms with Gasteiger partial charge in [0.15, 0.2) is 0 Å². The normalized spacial score (nSPS) is 11.8. The van der Waals surface area contributed by atoms with E-state index in [2.05, 4.69) is 5.32 Å². The second-order valence-electron chi connectivity index (χ2n) is 3.48. The fraction of sp³-hybridized carbons (Fsp3) is 0.273. The minimum Gasteiger partial charge on any atom is -0.508 e. The molecule has 1 aromatic carbocycles. The largest absolute Gasteiger partial charge is 0.508 e. The van der Waals surface area contributed by atoms with Gasteiger partial charge in [-0.1, -0.05) is 12.1 Å². The molecule has 0 saturated heterocycles. The van der Waals surface area contributed by atoms with Gasteiger partial charge < -0.3 is 20.6 Å². The van der Waals surface area contributed by atoms with Crippen LogP contribution in [-0.4, -0.2) is 39.8 Å². The predicted molar refractivity (Wildman–Crippen MR) is 58.5 cm³/mol. The van der Waals surface area contributed by atoms with Gasteiger partial charge in [-0.25, -0.2) is 4.79 Å². The number of hydrogen-bond donors (Lipinski definition) is 4. The molecule has 0 unspecified atom stereocenters. The molecule has 6 heteroatoms. The van der Waals surface area contributed by atoms with E-state index >= 15 is 0 Å². The smallest absolute Gasteiger partial charge is 0.328 e. The number of aliphatic carboxylic acids is 1. The van der Waals surface area contributed by atoms with Crippen LogP contribution in [0, 0.1) is 0 Å². The summed E-state index contributed by atoms with van der Waals surface area (Å²) in [6.07, 6.45) is -0.00986. The maximum Gasteiger partial charge on any atom is 0.328 e. The van der Waals surface area contributed by atoms with E-state index in [0.717, 1.165) is 0 Å². The summed E-state index contributed by atoms with van der Waals surface area (Å²) >= 11 is 0. The van der Waals surface area contributed by atoms with E-state index in [9.17, 15) is 9.59 Å². The monoisotopic (exact) mass is 239 g/mol. The van der Waals surface area contributed by atoms with E-state index in [1.165, 1.54) is 12.1 Å². The SMILES string of the molecule is O=C(Cc1ccc(O)cc1)N[C@@H](CO)C(=O)O. The summed E-state index contributed by atoms with van der Waals surface area (Å²) in [6.45, 7) is -0.656. The van der Waals surface area contributed by atoms with Crippen LogP contribution in [0.2, 0.25) is 0 Å². The van der Waals surface area contributed by atoms with Gasteiger partial charge in [-0.2, -0.15) is 0 Å². The molecule has 0 heterocycles. The average Bonchev–Trinajstić information content (AvgIpc) is 2.28. The van der Waals surface area contributed by atoms with E-state index in [4.69, 9.17) is 15.3 Å². The number of carbonyl (C=O) groups is 2. The third-order valence-electron chi connectivity index (χ3n) is 2.12. The van der Waals surface area contributed by atoms with Gasteiger partial charge in [0, 0.05) is 0 Å². The zero-order chi connectivity index (χ0) is 12.8. The van der Waals surface area contributed by atoms with Crippen LogP contribution in [0.25, 0.3) is 0 Å². The van der Waals surface area contributed by atoms with Gasteiger partial charge in [0.25, 0.3) is 0 Å². The van der Waals surface area contributed by atoms with Gasteiger partial charge >= 0.3 is 5.97 Å². The fourth-order valence-corrected chi connectivity index (χ4v) is 1.23. The molecule has 0 saturated carbocycles. The van der Waals surface area contributed by atoms with Crippen molar-refractivity contribution in [3.05, 3.63) is 29.8 Å². The van der Waals surface area contributed by atoms with Crippen LogP contribution in [0.15, 0.2) is 24.3 Å². The quantitative estimate of drug-likeness (QED) is 0.554. The zero-order valence-corrected chi connectivity index (χ0v) is 8.96. The molecule has 0 aliphatic rings. The highest BCUT2D eigenvalue weighted by Crippen LogP contribution is 2.09. The predicted octanol–water partition coefficient (Wildman–Crippen LogP) is -0.504. The number of carbonyl (C=O) groups excluding carboxylic acids is 1. The Morgan fingerprint density at radius 3 is 2.29 bits per heavy atom. The molecule has 1 amide bonds. The lowest BCUT2D eigenvalue weighted by Gasteiger charge is -2.11. The van der Waals surface area contributed by atoms with Crippen LogP contribution in [0.4, 0.5) is 0 Å². The van der Waals surface area contributed by atoms with Crippen LogP contribution in [0.1, 0.15) is 5.56 Å². The molecule has 1 rings (SSSR count). The molecular weight excluding hydrogens is 226 g/mol. The molecular formula is C11H13NO5. The Bertz CT molecular complexity index is 401. The van der Waals surface area contributed by atoms with Crippen LogP contribution in [0.3, 0.4) is 0 Å². The Morgan fingerprint density at radius 1 is 1.24 bits per heavy atom. The number of hydrogen-bond acceptors (Lipinski definition) is 4. The Labute approximate surface area is 97.5 Å². The van der Waals surface area contributed by atoms with Gasteiger partial charge in [0.05, 0.1) is 13.0 Å². The molecule has 1 atom stereocenters. The minimum atomic E-state index is -1.29. The average molecular weight is 239 g/mol. The molecule has 92 valence electrons. The molecule has 0 fully saturated rings. The highest BCUT2D eigenvalue weighted by Gasteiger charge is 2.18. The second-order valence-corrected chi connectivity index (χ2v) is 3.48. The lowest BCUT2D eigenvalue weighted by atomic mass is 10.1. The van der Waals surface area contributed by atoms with Crippen molar-refractivity contribution in [3.8, 4) is 5.75 Å². The molecule has 1 aromatic rings. The van der Waals surface area contributed by atoms with Crippen molar-refractivity contribution >= 4 is 11.9 Å². The number of rotatable bonds is 5. The lowest BCUT2D eigenvalue weighted by Crippen LogP contribution is -2.43. The maximum atomic E-state index is 11.4. The summed E-state index contributed by atoms with van der Waals surface area (Å²) in [4.78, 5) is 22.0. The number of aliphatic hydroxyl groups excluding tert-OH is 1. The van der Waals surface area contributed by atoms with Gasteiger partial charge in [0.1, 0.15) is 11.8 Å². The highest BCUT2D eigenvalue weighted by molar-refractivity contribution is 5.84. The Kier molecular flexibility index (Phi) is 4.47. The molecule has 0 spiro atoms. The van der Waals surface area contributed by atoms with E-state index in [1.54, 1.807) is 12.1 Å². The number of carboxylic acid groups (broad SMARTS) is 1. The summed E-state index contributed by atoms with van der Waals surface area (Å²) in [5.41, 5.74) is 0.641. The number of amides is 1. The number of nitrogens with one attached hydrogen (secondary N) is 1. The molecule has 17 heavy (non-hydrogen) atoms. The van der Waals surface area contributed by atoms with Crippen molar-refractivity contribution in [2.45, 2.75) is 12.5 Å². The van der Waals surface area contributed by atoms with E-state index in [0.29, 0.717) is 5.56 Å². The van der Waals surface area contributed by atoms with Crippen molar-refractivity contribution in [3.63, 3.8) is 0 Å². The molecule has 0 radical (unpaired) electrons. The van der Waals surface area contributed by atoms with Crippen LogP contribution >= 0.6 is 0 Å². The topological polar surface area (TPSA) is 107 Å². The molecule has 0 bridgehead atoms. The number of aliphatic hydroxyl groups is 1. The Balaban J connectivity index is 2.54. The fourth-order valence-electron chi connectivity index (χ4n) is 1.23. The van der Waals surface area contributed by atoms with E-state index in [1.807, 2.05) is 0 Å². The van der Waals surface area contributed by atoms with Crippen molar-refractivity contribution in [2.75, 3.05) is 6.61 Å². The molecule has 6 nitrogen and oxygen atoms in total. The third-order valence-corrected chi connectivity index (χ3v) is 2.12. The second kappa shape index (κ2) is 5.86. The van der Waals surface area contributed by atoms with Crippen molar-refractivity contribution < 1.29 is 24.9 Å². The number of carboxylic acids is 1. The number of aromatic hydroxyl groups is 1. The number of phenolic OH excluding ortho intramolecular Hbond substituents is 1. The minimum absolute atomic E-state index is 0.00986. The first kappa shape index (κ1) is 13.0. The summed E-state index contributed by atoms with van der Waals surface area (Å²) in [7, 11) is 0. The van der Waals surface area contributed by atoms with Crippen LogP contribution in [0.5, 0.6) is 5.75 Å². The van der Waals surface area contributed by atoms with E-state index in [-0.39, 0.29) is 12.2 Å². The maximum absolute atomic E-state index is 11.4. The first-order valence-electron chi connectivity index (χ1n) is 4.94.